The van der Waals surface area contributed by atoms with Crippen LogP contribution in [0.5, 0.6) is 11.6 Å². The van der Waals surface area contributed by atoms with Gasteiger partial charge in [0.25, 0.3) is 0 Å². The van der Waals surface area contributed by atoms with E-state index in [1.165, 1.54) is 30.7 Å². The maximum absolute atomic E-state index is 14.6. The van der Waals surface area contributed by atoms with Crippen LogP contribution in [0.4, 0.5) is 26.3 Å². The fourth-order valence-corrected chi connectivity index (χ4v) is 5.06. The molecule has 218 valence electrons. The van der Waals surface area contributed by atoms with Gasteiger partial charge in [-0.25, -0.2) is 9.97 Å². The van der Waals surface area contributed by atoms with Gasteiger partial charge < -0.3 is 4.74 Å². The molecule has 0 aliphatic rings. The van der Waals surface area contributed by atoms with Gasteiger partial charge >= 0.3 is 12.4 Å². The Kier molecular flexibility index (Phi) is 6.63. The van der Waals surface area contributed by atoms with E-state index >= 15 is 0 Å². The topological polar surface area (TPSA) is 52.8 Å². The van der Waals surface area contributed by atoms with Gasteiger partial charge in [0, 0.05) is 23.0 Å². The summed E-state index contributed by atoms with van der Waals surface area (Å²) in [6.45, 7) is 5.32. The van der Waals surface area contributed by atoms with Crippen LogP contribution in [0.25, 0.3) is 38.8 Å². The molecule has 3 aromatic carbocycles. The lowest BCUT2D eigenvalue weighted by atomic mass is 9.95. The summed E-state index contributed by atoms with van der Waals surface area (Å²) >= 11 is 0. The summed E-state index contributed by atoms with van der Waals surface area (Å²) < 4.78 is 93.3. The third-order valence-corrected chi connectivity index (χ3v) is 7.02. The number of fused-ring (bicyclic) bond motifs is 3. The smallest absolute Gasteiger partial charge is 0.417 e. The normalized spacial score (nSPS) is 12.3. The molecule has 43 heavy (non-hydrogen) atoms. The summed E-state index contributed by atoms with van der Waals surface area (Å²) in [7, 11) is 0. The lowest BCUT2D eigenvalue weighted by Crippen LogP contribution is -2.09. The molecule has 3 heterocycles. The molecule has 0 amide bonds. The van der Waals surface area contributed by atoms with E-state index in [1.807, 2.05) is 13.0 Å². The molecule has 0 aliphatic carbocycles. The summed E-state index contributed by atoms with van der Waals surface area (Å²) in [5, 5.41) is 0.803. The average Bonchev–Trinajstić information content (AvgIpc) is 3.24. The molecule has 3 aromatic heterocycles. The number of hydrogen-bond donors (Lipinski definition) is 0. The predicted octanol–water partition coefficient (Wildman–Crippen LogP) is 9.39. The van der Waals surface area contributed by atoms with Gasteiger partial charge in [-0.3, -0.25) is 9.55 Å². The fraction of sp³-hybridized carbons (Fsp3) is 0.156. The van der Waals surface area contributed by atoms with Gasteiger partial charge in [0.15, 0.2) is 5.82 Å². The number of rotatable bonds is 4. The Morgan fingerprint density at radius 1 is 0.674 bits per heavy atom. The van der Waals surface area contributed by atoms with Crippen LogP contribution < -0.4 is 4.74 Å². The Labute approximate surface area is 241 Å². The lowest BCUT2D eigenvalue weighted by molar-refractivity contribution is -0.137. The van der Waals surface area contributed by atoms with Crippen LogP contribution >= 0.6 is 0 Å². The van der Waals surface area contributed by atoms with Crippen molar-refractivity contribution in [3.8, 4) is 28.6 Å². The van der Waals surface area contributed by atoms with E-state index in [4.69, 9.17) is 4.74 Å². The molecule has 0 N–H and O–H groups in total. The van der Waals surface area contributed by atoms with E-state index in [2.05, 4.69) is 15.0 Å². The Morgan fingerprint density at radius 2 is 1.42 bits per heavy atom. The highest BCUT2D eigenvalue weighted by atomic mass is 19.4. The molecule has 0 radical (unpaired) electrons. The number of hydrogen-bond acceptors (Lipinski definition) is 4. The van der Waals surface area contributed by atoms with Crippen molar-refractivity contribution in [1.29, 1.82) is 0 Å². The van der Waals surface area contributed by atoms with E-state index < -0.39 is 29.0 Å². The molecule has 0 fully saturated rings. The molecule has 11 heteroatoms. The first-order chi connectivity index (χ1) is 20.3. The second-order valence-corrected chi connectivity index (χ2v) is 10.3. The predicted molar refractivity (Wildman–Crippen MR) is 150 cm³/mol. The molecule has 0 atom stereocenters. The summed E-state index contributed by atoms with van der Waals surface area (Å²) in [4.78, 5) is 12.7. The molecular formula is C32H22F6N4O. The second-order valence-electron chi connectivity index (χ2n) is 10.3. The van der Waals surface area contributed by atoms with Gasteiger partial charge in [0.2, 0.25) is 5.88 Å². The van der Waals surface area contributed by atoms with Gasteiger partial charge in [-0.05, 0) is 86.0 Å². The zero-order valence-corrected chi connectivity index (χ0v) is 23.0. The Hall–Kier alpha value is -4.93. The number of ether oxygens (including phenoxy) is 1. The van der Waals surface area contributed by atoms with Crippen molar-refractivity contribution in [2.75, 3.05) is 0 Å². The number of alkyl halides is 6. The fourth-order valence-electron chi connectivity index (χ4n) is 5.06. The standard InChI is InChI=1S/C32H22F6N4O/c1-17-4-5-27-24(8-17)25-13-26(32(36,37)38)23(14-28(25)42(27)29-16-40-19(3)15-41-29)20-10-21(31(33,34)35)12-22(11-20)43-30-9-18(2)6-7-39-30/h4-16H,1-3H3. The molecule has 0 saturated carbocycles. The quantitative estimate of drug-likeness (QED) is 0.191. The monoisotopic (exact) mass is 592 g/mol. The van der Waals surface area contributed by atoms with E-state index in [0.29, 0.717) is 34.0 Å². The maximum Gasteiger partial charge on any atom is 0.417 e. The van der Waals surface area contributed by atoms with Crippen LogP contribution in [0.2, 0.25) is 0 Å². The highest BCUT2D eigenvalue weighted by Gasteiger charge is 2.37. The third kappa shape index (κ3) is 5.38. The third-order valence-electron chi connectivity index (χ3n) is 7.02. The van der Waals surface area contributed by atoms with E-state index in [1.54, 1.807) is 36.6 Å². The van der Waals surface area contributed by atoms with Crippen molar-refractivity contribution in [2.45, 2.75) is 33.1 Å². The highest BCUT2D eigenvalue weighted by molar-refractivity contribution is 6.11. The van der Waals surface area contributed by atoms with Crippen LogP contribution in [0.3, 0.4) is 0 Å². The summed E-state index contributed by atoms with van der Waals surface area (Å²) in [6.07, 6.45) is -5.30. The molecule has 0 unspecified atom stereocenters. The zero-order chi connectivity index (χ0) is 30.7. The summed E-state index contributed by atoms with van der Waals surface area (Å²) in [6, 6.07) is 13.3. The second kappa shape index (κ2) is 10.1. The Bertz CT molecular complexity index is 2010. The van der Waals surface area contributed by atoms with Gasteiger partial charge in [0.1, 0.15) is 5.75 Å². The van der Waals surface area contributed by atoms with Crippen molar-refractivity contribution in [3.63, 3.8) is 0 Å². The van der Waals surface area contributed by atoms with Crippen molar-refractivity contribution < 1.29 is 31.1 Å². The average molecular weight is 593 g/mol. The molecule has 0 saturated heterocycles. The first-order valence-corrected chi connectivity index (χ1v) is 13.1. The van der Waals surface area contributed by atoms with E-state index in [-0.39, 0.29) is 22.6 Å². The summed E-state index contributed by atoms with van der Waals surface area (Å²) in [5.41, 5.74) is 0.0668. The van der Waals surface area contributed by atoms with Gasteiger partial charge in [0.05, 0.1) is 40.2 Å². The minimum absolute atomic E-state index is 0.00483. The molecule has 0 bridgehead atoms. The molecule has 0 aliphatic heterocycles. The van der Waals surface area contributed by atoms with Crippen LogP contribution in [-0.4, -0.2) is 19.5 Å². The minimum atomic E-state index is -4.89. The number of benzene rings is 3. The molecule has 6 aromatic rings. The van der Waals surface area contributed by atoms with Gasteiger partial charge in [-0.15, -0.1) is 0 Å². The lowest BCUT2D eigenvalue weighted by Gasteiger charge is -2.17. The summed E-state index contributed by atoms with van der Waals surface area (Å²) in [5.74, 6) is 0.0423. The molecular weight excluding hydrogens is 570 g/mol. The van der Waals surface area contributed by atoms with E-state index in [0.717, 1.165) is 29.3 Å². The van der Waals surface area contributed by atoms with Crippen molar-refractivity contribution in [1.82, 2.24) is 19.5 Å². The number of aromatic nitrogens is 4. The largest absolute Gasteiger partial charge is 0.439 e. The minimum Gasteiger partial charge on any atom is -0.439 e. The number of aryl methyl sites for hydroxylation is 3. The number of pyridine rings is 1. The first kappa shape index (κ1) is 28.2. The number of halogens is 6. The highest BCUT2D eigenvalue weighted by Crippen LogP contribution is 2.45. The molecule has 6 rings (SSSR count). The SMILES string of the molecule is Cc1ccnc(Oc2cc(-c3cc4c(cc3C(F)(F)F)c3cc(C)ccc3n4-c3cnc(C)cn3)cc(C(F)(F)F)c2)c1. The van der Waals surface area contributed by atoms with E-state index in [9.17, 15) is 26.3 Å². The maximum atomic E-state index is 14.6. The Morgan fingerprint density at radius 3 is 2.09 bits per heavy atom. The Balaban J connectivity index is 1.67. The van der Waals surface area contributed by atoms with Crippen LogP contribution in [0.1, 0.15) is 27.9 Å². The first-order valence-electron chi connectivity index (χ1n) is 13.1. The van der Waals surface area contributed by atoms with Gasteiger partial charge in [-0.1, -0.05) is 11.6 Å². The van der Waals surface area contributed by atoms with Crippen LogP contribution in [-0.2, 0) is 12.4 Å². The van der Waals surface area contributed by atoms with Crippen LogP contribution in [0, 0.1) is 20.8 Å². The van der Waals surface area contributed by atoms with Gasteiger partial charge in [-0.2, -0.15) is 26.3 Å². The van der Waals surface area contributed by atoms with Crippen molar-refractivity contribution >= 4 is 21.8 Å². The van der Waals surface area contributed by atoms with Crippen molar-refractivity contribution in [2.24, 2.45) is 0 Å². The van der Waals surface area contributed by atoms with Crippen LogP contribution in [0.15, 0.2) is 79.3 Å². The molecule has 5 nitrogen and oxygen atoms in total. The van der Waals surface area contributed by atoms with Crippen molar-refractivity contribution in [3.05, 3.63) is 107 Å². The number of nitrogens with zero attached hydrogens (tertiary/aromatic N) is 4. The zero-order valence-electron chi connectivity index (χ0n) is 23.0. The molecule has 0 spiro atoms.